The van der Waals surface area contributed by atoms with Gasteiger partial charge in [0.15, 0.2) is 0 Å². The zero-order valence-corrected chi connectivity index (χ0v) is 15.3. The maximum absolute atomic E-state index is 11.8. The number of hydrogen-bond acceptors (Lipinski definition) is 8. The summed E-state index contributed by atoms with van der Waals surface area (Å²) in [5, 5.41) is 26.7. The highest BCUT2D eigenvalue weighted by atomic mass is 32.1. The minimum Gasteiger partial charge on any atom is -0.395 e. The van der Waals surface area contributed by atoms with Gasteiger partial charge >= 0.3 is 0 Å². The minimum absolute atomic E-state index is 0.00739. The summed E-state index contributed by atoms with van der Waals surface area (Å²) in [5.74, 6) is -2.49. The van der Waals surface area contributed by atoms with Crippen molar-refractivity contribution in [3.63, 3.8) is 0 Å². The summed E-state index contributed by atoms with van der Waals surface area (Å²) in [4.78, 5) is 47.0. The number of amides is 4. The average Bonchev–Trinajstić information content (AvgIpc) is 2.59. The molecule has 0 aliphatic carbocycles. The lowest BCUT2D eigenvalue weighted by molar-refractivity contribution is -0.134. The molecule has 0 saturated carbocycles. The van der Waals surface area contributed by atoms with Gasteiger partial charge in [-0.3, -0.25) is 19.2 Å². The molecule has 0 aliphatic rings. The molecule has 6 N–H and O–H groups in total. The molecule has 12 heteroatoms. The van der Waals surface area contributed by atoms with Gasteiger partial charge in [-0.15, -0.1) is 0 Å². The van der Waals surface area contributed by atoms with Crippen molar-refractivity contribution in [2.24, 2.45) is 0 Å². The van der Waals surface area contributed by atoms with Gasteiger partial charge < -0.3 is 31.5 Å². The molecule has 2 atom stereocenters. The Kier molecular flexibility index (Phi) is 12.9. The maximum atomic E-state index is 11.8. The van der Waals surface area contributed by atoms with Crippen molar-refractivity contribution in [3.8, 4) is 0 Å². The Hall–Kier alpha value is -1.50. The lowest BCUT2D eigenvalue weighted by atomic mass is 10.2. The maximum Gasteiger partial charge on any atom is 0.243 e. The standard InChI is InChI=1S/C13H24N4O6S2/c18-3-1-14-12(22)8(6-24)16-10(20)5-11(21)17-9(7-25)13(23)15-2-4-19/h8-9,18-19,24-25H,1-7H2,(H,14,22)(H,15,23)(H,16,20)(H,17,21). The third-order valence-corrected chi connectivity index (χ3v) is 3.54. The van der Waals surface area contributed by atoms with Crippen LogP contribution in [-0.4, -0.2) is 83.7 Å². The van der Waals surface area contributed by atoms with E-state index in [0.29, 0.717) is 0 Å². The van der Waals surface area contributed by atoms with Gasteiger partial charge in [0.25, 0.3) is 0 Å². The summed E-state index contributed by atoms with van der Waals surface area (Å²) in [6.07, 6.45) is -0.588. The molecule has 0 aliphatic heterocycles. The summed E-state index contributed by atoms with van der Waals surface area (Å²) in [6.45, 7) is -0.423. The van der Waals surface area contributed by atoms with E-state index in [1.54, 1.807) is 0 Å². The molecular weight excluding hydrogens is 372 g/mol. The first kappa shape index (κ1) is 23.5. The summed E-state index contributed by atoms with van der Waals surface area (Å²) < 4.78 is 0. The van der Waals surface area contributed by atoms with Gasteiger partial charge in [0.2, 0.25) is 23.6 Å². The predicted molar refractivity (Wildman–Crippen MR) is 96.4 cm³/mol. The molecule has 0 heterocycles. The molecule has 0 aromatic heterocycles. The molecule has 144 valence electrons. The second-order valence-electron chi connectivity index (χ2n) is 4.81. The lowest BCUT2D eigenvalue weighted by Crippen LogP contribution is -2.51. The number of aliphatic hydroxyl groups excluding tert-OH is 2. The van der Waals surface area contributed by atoms with Crippen LogP contribution in [0.5, 0.6) is 0 Å². The second kappa shape index (κ2) is 13.8. The van der Waals surface area contributed by atoms with Crippen LogP contribution in [0.15, 0.2) is 0 Å². The average molecular weight is 396 g/mol. The number of carbonyl (C=O) groups excluding carboxylic acids is 4. The SMILES string of the molecule is O=C(CC(=O)NC(CS)C(=O)NCCO)NC(CS)C(=O)NCCO. The van der Waals surface area contributed by atoms with Crippen LogP contribution < -0.4 is 21.3 Å². The van der Waals surface area contributed by atoms with Crippen molar-refractivity contribution in [1.82, 2.24) is 21.3 Å². The third kappa shape index (κ3) is 10.2. The van der Waals surface area contributed by atoms with E-state index in [0.717, 1.165) is 0 Å². The van der Waals surface area contributed by atoms with Gasteiger partial charge in [-0.05, 0) is 0 Å². The van der Waals surface area contributed by atoms with Crippen molar-refractivity contribution in [3.05, 3.63) is 0 Å². The zero-order valence-electron chi connectivity index (χ0n) is 13.5. The molecule has 25 heavy (non-hydrogen) atoms. The molecule has 4 amide bonds. The van der Waals surface area contributed by atoms with Gasteiger partial charge in [-0.1, -0.05) is 0 Å². The Balaban J connectivity index is 4.45. The van der Waals surface area contributed by atoms with Crippen molar-refractivity contribution in [2.45, 2.75) is 18.5 Å². The molecule has 0 rings (SSSR count). The van der Waals surface area contributed by atoms with Gasteiger partial charge in [0, 0.05) is 24.6 Å². The molecule has 2 unspecified atom stereocenters. The number of nitrogens with one attached hydrogen (secondary N) is 4. The topological polar surface area (TPSA) is 157 Å². The largest absolute Gasteiger partial charge is 0.395 e. The highest BCUT2D eigenvalue weighted by Crippen LogP contribution is 1.94. The monoisotopic (exact) mass is 396 g/mol. The quantitative estimate of drug-likeness (QED) is 0.126. The first-order valence-electron chi connectivity index (χ1n) is 7.47. The first-order valence-corrected chi connectivity index (χ1v) is 8.73. The van der Waals surface area contributed by atoms with E-state index in [-0.39, 0.29) is 37.8 Å². The van der Waals surface area contributed by atoms with Crippen LogP contribution in [0, 0.1) is 0 Å². The molecule has 0 aromatic carbocycles. The minimum atomic E-state index is -0.955. The van der Waals surface area contributed by atoms with E-state index in [2.05, 4.69) is 46.5 Å². The highest BCUT2D eigenvalue weighted by molar-refractivity contribution is 7.80. The Labute approximate surface area is 156 Å². The predicted octanol–water partition coefficient (Wildman–Crippen LogP) is -3.58. The van der Waals surface area contributed by atoms with E-state index in [1.807, 2.05) is 0 Å². The molecule has 10 nitrogen and oxygen atoms in total. The normalized spacial score (nSPS) is 12.6. The van der Waals surface area contributed by atoms with E-state index < -0.39 is 42.1 Å². The van der Waals surface area contributed by atoms with E-state index in [9.17, 15) is 19.2 Å². The zero-order chi connectivity index (χ0) is 19.2. The van der Waals surface area contributed by atoms with Gasteiger partial charge in [-0.25, -0.2) is 0 Å². The first-order chi connectivity index (χ1) is 11.9. The van der Waals surface area contributed by atoms with Crippen LogP contribution in [0.4, 0.5) is 0 Å². The Morgan fingerprint density at radius 2 is 1.12 bits per heavy atom. The molecule has 0 spiro atoms. The number of aliphatic hydroxyl groups is 2. The fourth-order valence-corrected chi connectivity index (χ4v) is 2.14. The highest BCUT2D eigenvalue weighted by Gasteiger charge is 2.23. The molecule has 0 aromatic rings. The van der Waals surface area contributed by atoms with Crippen LogP contribution in [0.2, 0.25) is 0 Å². The number of rotatable bonds is 12. The molecule has 0 radical (unpaired) electrons. The van der Waals surface area contributed by atoms with Crippen molar-refractivity contribution in [1.29, 1.82) is 0 Å². The van der Waals surface area contributed by atoms with E-state index in [1.165, 1.54) is 0 Å². The van der Waals surface area contributed by atoms with E-state index in [4.69, 9.17) is 10.2 Å². The van der Waals surface area contributed by atoms with Gasteiger partial charge in [0.1, 0.15) is 18.5 Å². The molecular formula is C13H24N4O6S2. The summed E-state index contributed by atoms with van der Waals surface area (Å²) >= 11 is 7.90. The van der Waals surface area contributed by atoms with Gasteiger partial charge in [-0.2, -0.15) is 25.3 Å². The molecule has 0 bridgehead atoms. The van der Waals surface area contributed by atoms with Crippen LogP contribution in [0.1, 0.15) is 6.42 Å². The lowest BCUT2D eigenvalue weighted by Gasteiger charge is -2.18. The number of thiol groups is 2. The van der Waals surface area contributed by atoms with Crippen molar-refractivity contribution >= 4 is 48.9 Å². The summed E-state index contributed by atoms with van der Waals surface area (Å²) in [7, 11) is 0. The Bertz CT molecular complexity index is 426. The Morgan fingerprint density at radius 1 is 0.760 bits per heavy atom. The summed E-state index contributed by atoms with van der Waals surface area (Å²) in [5.41, 5.74) is 0. The van der Waals surface area contributed by atoms with Crippen LogP contribution in [-0.2, 0) is 19.2 Å². The smallest absolute Gasteiger partial charge is 0.243 e. The Morgan fingerprint density at radius 3 is 1.40 bits per heavy atom. The summed E-state index contributed by atoms with van der Waals surface area (Å²) in [6, 6.07) is -1.91. The third-order valence-electron chi connectivity index (χ3n) is 2.81. The number of hydrogen-bond donors (Lipinski definition) is 8. The fraction of sp³-hybridized carbons (Fsp3) is 0.692. The van der Waals surface area contributed by atoms with Crippen LogP contribution >= 0.6 is 25.3 Å². The van der Waals surface area contributed by atoms with Gasteiger partial charge in [0.05, 0.1) is 13.2 Å². The molecule has 0 fully saturated rings. The fourth-order valence-electron chi connectivity index (χ4n) is 1.63. The second-order valence-corrected chi connectivity index (χ2v) is 5.54. The number of carbonyl (C=O) groups is 4. The molecule has 0 saturated heterocycles. The van der Waals surface area contributed by atoms with Crippen LogP contribution in [0.3, 0.4) is 0 Å². The van der Waals surface area contributed by atoms with E-state index >= 15 is 0 Å². The van der Waals surface area contributed by atoms with Crippen molar-refractivity contribution < 1.29 is 29.4 Å². The van der Waals surface area contributed by atoms with Crippen molar-refractivity contribution in [2.75, 3.05) is 37.8 Å². The van der Waals surface area contributed by atoms with Crippen LogP contribution in [0.25, 0.3) is 0 Å².